The first kappa shape index (κ1) is 18.8. The number of nitrogens with zero attached hydrogens (tertiary/aromatic N) is 2. The van der Waals surface area contributed by atoms with Crippen molar-refractivity contribution in [1.82, 2.24) is 4.90 Å². The molecule has 0 spiro atoms. The van der Waals surface area contributed by atoms with Crippen LogP contribution < -0.4 is 14.4 Å². The molecule has 0 N–H and O–H groups in total. The highest BCUT2D eigenvalue weighted by atomic mass is 16.5. The summed E-state index contributed by atoms with van der Waals surface area (Å²) in [7, 11) is 3.12. The molecule has 3 rings (SSSR count). The molecule has 6 heteroatoms. The smallest absolute Gasteiger partial charge is 0.258 e. The van der Waals surface area contributed by atoms with Gasteiger partial charge in [-0.2, -0.15) is 0 Å². The van der Waals surface area contributed by atoms with Gasteiger partial charge in [0, 0.05) is 13.1 Å². The van der Waals surface area contributed by atoms with Gasteiger partial charge < -0.3 is 19.3 Å². The van der Waals surface area contributed by atoms with Crippen molar-refractivity contribution in [3.63, 3.8) is 0 Å². The first-order valence-corrected chi connectivity index (χ1v) is 8.88. The highest BCUT2D eigenvalue weighted by Gasteiger charge is 2.37. The number of carbonyl (C=O) groups is 2. The Morgan fingerprint density at radius 3 is 2.44 bits per heavy atom. The van der Waals surface area contributed by atoms with E-state index in [4.69, 9.17) is 9.47 Å². The summed E-state index contributed by atoms with van der Waals surface area (Å²) in [6.45, 7) is 4.56. The van der Waals surface area contributed by atoms with E-state index in [-0.39, 0.29) is 11.8 Å². The lowest BCUT2D eigenvalue weighted by Crippen LogP contribution is -2.57. The summed E-state index contributed by atoms with van der Waals surface area (Å²) >= 11 is 0. The molecule has 0 radical (unpaired) electrons. The van der Waals surface area contributed by atoms with Gasteiger partial charge in [0.1, 0.15) is 17.5 Å². The fourth-order valence-electron chi connectivity index (χ4n) is 3.37. The van der Waals surface area contributed by atoms with Crippen LogP contribution in [0, 0.1) is 6.92 Å². The third kappa shape index (κ3) is 3.47. The number of anilines is 1. The predicted molar refractivity (Wildman–Crippen MR) is 104 cm³/mol. The quantitative estimate of drug-likeness (QED) is 0.833. The van der Waals surface area contributed by atoms with Crippen LogP contribution in [-0.2, 0) is 4.79 Å². The molecule has 1 fully saturated rings. The molecular weight excluding hydrogens is 344 g/mol. The van der Waals surface area contributed by atoms with Gasteiger partial charge in [-0.25, -0.2) is 0 Å². The number of piperazine rings is 1. The molecule has 2 aromatic carbocycles. The Balaban J connectivity index is 1.87. The number of rotatable bonds is 4. The van der Waals surface area contributed by atoms with E-state index in [0.29, 0.717) is 30.2 Å². The third-order valence-corrected chi connectivity index (χ3v) is 4.88. The topological polar surface area (TPSA) is 59.1 Å². The standard InChI is InChI=1S/C21H24N2O4/c1-14-9-10-19(27-4)17(13-14)23-12-11-22(15(2)20(23)24)21(25)16-7-5-6-8-18(16)26-3/h5-10,13,15H,11-12H2,1-4H3/t15-/m1/s1. The van der Waals surface area contributed by atoms with Crippen molar-refractivity contribution in [3.05, 3.63) is 53.6 Å². The molecule has 0 aliphatic carbocycles. The summed E-state index contributed by atoms with van der Waals surface area (Å²) in [4.78, 5) is 29.4. The van der Waals surface area contributed by atoms with Crippen molar-refractivity contribution in [2.24, 2.45) is 0 Å². The minimum Gasteiger partial charge on any atom is -0.496 e. The lowest BCUT2D eigenvalue weighted by Gasteiger charge is -2.39. The van der Waals surface area contributed by atoms with Gasteiger partial charge in [-0.3, -0.25) is 9.59 Å². The average molecular weight is 368 g/mol. The van der Waals surface area contributed by atoms with Crippen LogP contribution in [0.5, 0.6) is 11.5 Å². The van der Waals surface area contributed by atoms with Crippen molar-refractivity contribution < 1.29 is 19.1 Å². The van der Waals surface area contributed by atoms with E-state index < -0.39 is 6.04 Å². The Morgan fingerprint density at radius 2 is 1.74 bits per heavy atom. The van der Waals surface area contributed by atoms with Gasteiger partial charge in [0.2, 0.25) is 5.91 Å². The fourth-order valence-corrected chi connectivity index (χ4v) is 3.37. The lowest BCUT2D eigenvalue weighted by molar-refractivity contribution is -0.124. The van der Waals surface area contributed by atoms with Gasteiger partial charge in [-0.1, -0.05) is 18.2 Å². The second-order valence-corrected chi connectivity index (χ2v) is 6.54. The Labute approximate surface area is 159 Å². The normalized spacial score (nSPS) is 17.0. The minimum atomic E-state index is -0.582. The van der Waals surface area contributed by atoms with Crippen molar-refractivity contribution in [3.8, 4) is 11.5 Å². The van der Waals surface area contributed by atoms with E-state index >= 15 is 0 Å². The van der Waals surface area contributed by atoms with Crippen LogP contribution in [-0.4, -0.2) is 50.1 Å². The molecule has 0 saturated carbocycles. The van der Waals surface area contributed by atoms with Crippen LogP contribution in [0.4, 0.5) is 5.69 Å². The molecule has 142 valence electrons. The zero-order valence-electron chi connectivity index (χ0n) is 16.1. The van der Waals surface area contributed by atoms with Gasteiger partial charge in [-0.05, 0) is 43.7 Å². The summed E-state index contributed by atoms with van der Waals surface area (Å²) < 4.78 is 10.7. The van der Waals surface area contributed by atoms with Crippen molar-refractivity contribution in [2.75, 3.05) is 32.2 Å². The zero-order chi connectivity index (χ0) is 19.6. The van der Waals surface area contributed by atoms with Gasteiger partial charge in [0.25, 0.3) is 5.91 Å². The number of hydrogen-bond donors (Lipinski definition) is 0. The molecule has 1 aliphatic heterocycles. The van der Waals surface area contributed by atoms with Crippen LogP contribution in [0.2, 0.25) is 0 Å². The fraction of sp³-hybridized carbons (Fsp3) is 0.333. The summed E-state index contributed by atoms with van der Waals surface area (Å²) in [5.74, 6) is 0.813. The van der Waals surface area contributed by atoms with E-state index in [1.54, 1.807) is 42.0 Å². The van der Waals surface area contributed by atoms with E-state index in [1.807, 2.05) is 31.2 Å². The van der Waals surface area contributed by atoms with E-state index in [1.165, 1.54) is 7.11 Å². The molecule has 2 amide bonds. The Hall–Kier alpha value is -3.02. The van der Waals surface area contributed by atoms with E-state index in [9.17, 15) is 9.59 Å². The Kier molecular flexibility index (Phi) is 5.35. The van der Waals surface area contributed by atoms with Crippen molar-refractivity contribution >= 4 is 17.5 Å². The Bertz CT molecular complexity index is 865. The Morgan fingerprint density at radius 1 is 1.04 bits per heavy atom. The molecule has 0 unspecified atom stereocenters. The summed E-state index contributed by atoms with van der Waals surface area (Å²) in [5.41, 5.74) is 2.23. The minimum absolute atomic E-state index is 0.131. The number of aryl methyl sites for hydroxylation is 1. The molecule has 6 nitrogen and oxygen atoms in total. The second-order valence-electron chi connectivity index (χ2n) is 6.54. The molecule has 0 aromatic heterocycles. The molecule has 1 heterocycles. The number of carbonyl (C=O) groups excluding carboxylic acids is 2. The van der Waals surface area contributed by atoms with Crippen molar-refractivity contribution in [1.29, 1.82) is 0 Å². The maximum atomic E-state index is 13.1. The van der Waals surface area contributed by atoms with Crippen molar-refractivity contribution in [2.45, 2.75) is 19.9 Å². The van der Waals surface area contributed by atoms with E-state index in [0.717, 1.165) is 11.3 Å². The third-order valence-electron chi connectivity index (χ3n) is 4.88. The molecule has 1 aliphatic rings. The molecule has 27 heavy (non-hydrogen) atoms. The second kappa shape index (κ2) is 7.70. The number of amides is 2. The summed E-state index contributed by atoms with van der Waals surface area (Å²) in [6.07, 6.45) is 0. The average Bonchev–Trinajstić information content (AvgIpc) is 2.69. The number of benzene rings is 2. The van der Waals surface area contributed by atoms with Crippen LogP contribution in [0.3, 0.4) is 0 Å². The SMILES string of the molecule is COc1ccccc1C(=O)N1CCN(c2cc(C)ccc2OC)C(=O)[C@H]1C. The lowest BCUT2D eigenvalue weighted by atomic mass is 10.1. The molecule has 2 aromatic rings. The maximum Gasteiger partial charge on any atom is 0.258 e. The van der Waals surface area contributed by atoms with Crippen LogP contribution in [0.25, 0.3) is 0 Å². The predicted octanol–water partition coefficient (Wildman–Crippen LogP) is 2.89. The summed E-state index contributed by atoms with van der Waals surface area (Å²) in [6, 6.07) is 12.2. The highest BCUT2D eigenvalue weighted by molar-refractivity contribution is 6.05. The molecular formula is C21H24N2O4. The largest absolute Gasteiger partial charge is 0.496 e. The van der Waals surface area contributed by atoms with Gasteiger partial charge in [0.05, 0.1) is 25.5 Å². The highest BCUT2D eigenvalue weighted by Crippen LogP contribution is 2.32. The zero-order valence-corrected chi connectivity index (χ0v) is 16.1. The maximum absolute atomic E-state index is 13.1. The van der Waals surface area contributed by atoms with Crippen LogP contribution in [0.15, 0.2) is 42.5 Å². The number of para-hydroxylation sites is 1. The summed E-state index contributed by atoms with van der Waals surface area (Å²) in [5, 5.41) is 0. The van der Waals surface area contributed by atoms with Crippen LogP contribution >= 0.6 is 0 Å². The van der Waals surface area contributed by atoms with E-state index in [2.05, 4.69) is 0 Å². The molecule has 1 saturated heterocycles. The van der Waals surface area contributed by atoms with Gasteiger partial charge >= 0.3 is 0 Å². The monoisotopic (exact) mass is 368 g/mol. The van der Waals surface area contributed by atoms with Gasteiger partial charge in [0.15, 0.2) is 0 Å². The number of ether oxygens (including phenoxy) is 2. The molecule has 0 bridgehead atoms. The first-order valence-electron chi connectivity index (χ1n) is 8.88. The number of hydrogen-bond acceptors (Lipinski definition) is 4. The van der Waals surface area contributed by atoms with Crippen LogP contribution in [0.1, 0.15) is 22.8 Å². The van der Waals surface area contributed by atoms with Gasteiger partial charge in [-0.15, -0.1) is 0 Å². The first-order chi connectivity index (χ1) is 13.0. The number of methoxy groups -OCH3 is 2. The molecule has 1 atom stereocenters.